The molecule has 0 saturated carbocycles. The van der Waals surface area contributed by atoms with Crippen molar-refractivity contribution >= 4 is 22.6 Å². The van der Waals surface area contributed by atoms with Gasteiger partial charge >= 0.3 is 5.97 Å². The van der Waals surface area contributed by atoms with Crippen LogP contribution >= 0.6 is 0 Å². The number of non-ortho nitro benzene ring substituents is 1. The monoisotopic (exact) mass is 274 g/mol. The highest BCUT2D eigenvalue weighted by Crippen LogP contribution is 2.22. The predicted octanol–water partition coefficient (Wildman–Crippen LogP) is 2.97. The number of rotatable bonds is 5. The largest absolute Gasteiger partial charge is 0.478 e. The molecule has 0 spiro atoms. The Kier molecular flexibility index (Phi) is 3.84. The second kappa shape index (κ2) is 5.56. The van der Waals surface area contributed by atoms with Crippen LogP contribution in [0.5, 0.6) is 0 Å². The summed E-state index contributed by atoms with van der Waals surface area (Å²) in [5.74, 6) is -0.935. The number of carboxylic acid groups (broad SMARTS) is 1. The first kappa shape index (κ1) is 13.8. The molecule has 0 aliphatic heterocycles. The molecule has 0 aliphatic rings. The summed E-state index contributed by atoms with van der Waals surface area (Å²) in [5.41, 5.74) is 1.07. The van der Waals surface area contributed by atoms with Crippen molar-refractivity contribution in [3.8, 4) is 0 Å². The Labute approximate surface area is 115 Å². The van der Waals surface area contributed by atoms with Crippen molar-refractivity contribution in [2.45, 2.75) is 19.9 Å². The first-order valence-electron chi connectivity index (χ1n) is 6.18. The number of hydrogen-bond donors (Lipinski definition) is 1. The Balaban J connectivity index is 2.37. The Morgan fingerprint density at radius 3 is 2.80 bits per heavy atom. The molecule has 20 heavy (non-hydrogen) atoms. The SMILES string of the molecule is CCC(=CCn1ccc2ccc([N+](=O)[O-])cc21)C(=O)O. The number of aromatic nitrogens is 1. The average Bonchev–Trinajstić information content (AvgIpc) is 2.81. The van der Waals surface area contributed by atoms with Crippen LogP contribution in [0.15, 0.2) is 42.1 Å². The third-order valence-electron chi connectivity index (χ3n) is 3.16. The first-order valence-corrected chi connectivity index (χ1v) is 6.18. The molecule has 104 valence electrons. The molecule has 0 atom stereocenters. The third kappa shape index (κ3) is 2.69. The zero-order chi connectivity index (χ0) is 14.7. The quantitative estimate of drug-likeness (QED) is 0.516. The maximum Gasteiger partial charge on any atom is 0.331 e. The van der Waals surface area contributed by atoms with Gasteiger partial charge in [-0.15, -0.1) is 0 Å². The molecule has 0 unspecified atom stereocenters. The Hall–Kier alpha value is -2.63. The average molecular weight is 274 g/mol. The van der Waals surface area contributed by atoms with Gasteiger partial charge in [-0.25, -0.2) is 4.79 Å². The lowest BCUT2D eigenvalue weighted by Crippen LogP contribution is -2.02. The van der Waals surface area contributed by atoms with Gasteiger partial charge < -0.3 is 9.67 Å². The second-order valence-corrected chi connectivity index (χ2v) is 4.36. The van der Waals surface area contributed by atoms with Crippen molar-refractivity contribution < 1.29 is 14.8 Å². The molecule has 1 aromatic carbocycles. The van der Waals surface area contributed by atoms with E-state index in [0.717, 1.165) is 10.9 Å². The molecule has 0 saturated heterocycles. The van der Waals surface area contributed by atoms with E-state index in [2.05, 4.69) is 0 Å². The van der Waals surface area contributed by atoms with E-state index in [0.29, 0.717) is 18.5 Å². The van der Waals surface area contributed by atoms with Crippen LogP contribution in [0.4, 0.5) is 5.69 Å². The summed E-state index contributed by atoms with van der Waals surface area (Å²) in [4.78, 5) is 21.3. The highest BCUT2D eigenvalue weighted by atomic mass is 16.6. The molecule has 0 fully saturated rings. The molecular weight excluding hydrogens is 260 g/mol. The minimum atomic E-state index is -0.935. The summed E-state index contributed by atoms with van der Waals surface area (Å²) >= 11 is 0. The lowest BCUT2D eigenvalue weighted by Gasteiger charge is -2.03. The molecular formula is C14H14N2O4. The number of carbonyl (C=O) groups is 1. The van der Waals surface area contributed by atoms with Gasteiger partial charge in [0.25, 0.3) is 5.69 Å². The Bertz CT molecular complexity index is 700. The molecule has 0 aliphatic carbocycles. The molecule has 1 heterocycles. The van der Waals surface area contributed by atoms with Crippen molar-refractivity contribution in [1.29, 1.82) is 0 Å². The molecule has 2 rings (SSSR count). The maximum absolute atomic E-state index is 10.9. The van der Waals surface area contributed by atoms with Crippen LogP contribution in [0.3, 0.4) is 0 Å². The molecule has 6 nitrogen and oxygen atoms in total. The van der Waals surface area contributed by atoms with E-state index in [1.807, 2.05) is 6.07 Å². The van der Waals surface area contributed by atoms with Crippen LogP contribution in [0.25, 0.3) is 10.9 Å². The number of carboxylic acids is 1. The van der Waals surface area contributed by atoms with Gasteiger partial charge in [0.05, 0.1) is 10.4 Å². The van der Waals surface area contributed by atoms with Gasteiger partial charge in [0, 0.05) is 35.8 Å². The van der Waals surface area contributed by atoms with E-state index in [4.69, 9.17) is 5.11 Å². The fourth-order valence-electron chi connectivity index (χ4n) is 2.04. The summed E-state index contributed by atoms with van der Waals surface area (Å²) < 4.78 is 1.79. The second-order valence-electron chi connectivity index (χ2n) is 4.36. The maximum atomic E-state index is 10.9. The van der Waals surface area contributed by atoms with Gasteiger partial charge in [-0.1, -0.05) is 13.0 Å². The van der Waals surface area contributed by atoms with Gasteiger partial charge in [0.2, 0.25) is 0 Å². The molecule has 1 aromatic heterocycles. The first-order chi connectivity index (χ1) is 9.52. The highest BCUT2D eigenvalue weighted by molar-refractivity contribution is 5.86. The smallest absolute Gasteiger partial charge is 0.331 e. The number of allylic oxidation sites excluding steroid dienone is 1. The minimum absolute atomic E-state index is 0.0235. The van der Waals surface area contributed by atoms with E-state index in [9.17, 15) is 14.9 Å². The number of nitro benzene ring substituents is 1. The molecule has 0 bridgehead atoms. The van der Waals surface area contributed by atoms with E-state index in [1.54, 1.807) is 29.8 Å². The molecule has 6 heteroatoms. The van der Waals surface area contributed by atoms with Crippen molar-refractivity contribution in [3.63, 3.8) is 0 Å². The summed E-state index contributed by atoms with van der Waals surface area (Å²) in [6, 6.07) is 6.48. The number of hydrogen-bond acceptors (Lipinski definition) is 3. The van der Waals surface area contributed by atoms with Crippen LogP contribution < -0.4 is 0 Å². The van der Waals surface area contributed by atoms with E-state index >= 15 is 0 Å². The fourth-order valence-corrected chi connectivity index (χ4v) is 2.04. The minimum Gasteiger partial charge on any atom is -0.478 e. The molecule has 2 aromatic rings. The van der Waals surface area contributed by atoms with Crippen LogP contribution in [-0.4, -0.2) is 20.6 Å². The van der Waals surface area contributed by atoms with Crippen molar-refractivity contribution in [2.24, 2.45) is 0 Å². The Morgan fingerprint density at radius 2 is 2.20 bits per heavy atom. The zero-order valence-corrected chi connectivity index (χ0v) is 10.9. The Morgan fingerprint density at radius 1 is 1.45 bits per heavy atom. The van der Waals surface area contributed by atoms with E-state index in [1.165, 1.54) is 12.1 Å². The van der Waals surface area contributed by atoms with Gasteiger partial charge in [-0.2, -0.15) is 0 Å². The topological polar surface area (TPSA) is 85.4 Å². The summed E-state index contributed by atoms with van der Waals surface area (Å²) in [6.45, 7) is 2.15. The van der Waals surface area contributed by atoms with Gasteiger partial charge in [-0.05, 0) is 18.6 Å². The molecule has 0 radical (unpaired) electrons. The molecule has 1 N–H and O–H groups in total. The van der Waals surface area contributed by atoms with Crippen LogP contribution in [0.2, 0.25) is 0 Å². The van der Waals surface area contributed by atoms with Gasteiger partial charge in [0.1, 0.15) is 0 Å². The number of benzene rings is 1. The van der Waals surface area contributed by atoms with E-state index < -0.39 is 10.9 Å². The van der Waals surface area contributed by atoms with Crippen LogP contribution in [0, 0.1) is 10.1 Å². The van der Waals surface area contributed by atoms with Gasteiger partial charge in [-0.3, -0.25) is 10.1 Å². The predicted molar refractivity (Wildman–Crippen MR) is 74.6 cm³/mol. The number of fused-ring (bicyclic) bond motifs is 1. The van der Waals surface area contributed by atoms with Crippen molar-refractivity contribution in [3.05, 3.63) is 52.2 Å². The van der Waals surface area contributed by atoms with Gasteiger partial charge in [0.15, 0.2) is 0 Å². The number of nitro groups is 1. The normalized spacial score (nSPS) is 11.8. The highest BCUT2D eigenvalue weighted by Gasteiger charge is 2.09. The van der Waals surface area contributed by atoms with Crippen molar-refractivity contribution in [2.75, 3.05) is 0 Å². The zero-order valence-electron chi connectivity index (χ0n) is 10.9. The molecule has 0 amide bonds. The third-order valence-corrected chi connectivity index (χ3v) is 3.16. The van der Waals surface area contributed by atoms with Crippen LogP contribution in [0.1, 0.15) is 13.3 Å². The standard InChI is InChI=1S/C14H14N2O4/c1-2-10(14(17)18)5-7-15-8-6-11-3-4-12(16(19)20)9-13(11)15/h3-6,8-9H,2,7H2,1H3,(H,17,18). The number of nitrogens with zero attached hydrogens (tertiary/aromatic N) is 2. The summed E-state index contributed by atoms with van der Waals surface area (Å²) in [6.07, 6.45) is 3.86. The van der Waals surface area contributed by atoms with Crippen LogP contribution in [-0.2, 0) is 11.3 Å². The van der Waals surface area contributed by atoms with Crippen molar-refractivity contribution in [1.82, 2.24) is 4.57 Å². The summed E-state index contributed by atoms with van der Waals surface area (Å²) in [5, 5.41) is 20.6. The lowest BCUT2D eigenvalue weighted by atomic mass is 10.2. The number of aliphatic carboxylic acids is 1. The fraction of sp³-hybridized carbons (Fsp3) is 0.214. The van der Waals surface area contributed by atoms with E-state index in [-0.39, 0.29) is 5.69 Å². The lowest BCUT2D eigenvalue weighted by molar-refractivity contribution is -0.384. The summed E-state index contributed by atoms with van der Waals surface area (Å²) in [7, 11) is 0.